The van der Waals surface area contributed by atoms with E-state index in [1.807, 2.05) is 17.1 Å². The van der Waals surface area contributed by atoms with Gasteiger partial charge in [0.25, 0.3) is 0 Å². The maximum Gasteiger partial charge on any atom is 0.159 e. The van der Waals surface area contributed by atoms with Crippen molar-refractivity contribution < 1.29 is 4.84 Å². The topological polar surface area (TPSA) is 90.0 Å². The lowest BCUT2D eigenvalue weighted by atomic mass is 9.70. The van der Waals surface area contributed by atoms with Gasteiger partial charge >= 0.3 is 0 Å². The number of pyridine rings is 1. The Balaban J connectivity index is 1.52. The minimum Gasteiger partial charge on any atom is -0.381 e. The number of aryl methyl sites for hydroxylation is 1. The summed E-state index contributed by atoms with van der Waals surface area (Å²) in [5.41, 5.74) is 12.9. The number of hydroxylamine groups is 1. The maximum atomic E-state index is 5.98. The molecule has 2 aliphatic carbocycles. The third-order valence-corrected chi connectivity index (χ3v) is 6.58. The number of hydrogen-bond donors (Lipinski definition) is 3. The van der Waals surface area contributed by atoms with Crippen molar-refractivity contribution in [2.45, 2.75) is 70.1 Å². The average molecular weight is 383 g/mol. The van der Waals surface area contributed by atoms with Crippen LogP contribution in [-0.4, -0.2) is 33.0 Å². The third-order valence-electron chi connectivity index (χ3n) is 6.58. The Kier molecular flexibility index (Phi) is 4.51. The maximum absolute atomic E-state index is 5.98. The minimum absolute atomic E-state index is 0.204. The van der Waals surface area contributed by atoms with E-state index < -0.39 is 0 Å². The van der Waals surface area contributed by atoms with Gasteiger partial charge < -0.3 is 11.1 Å². The van der Waals surface area contributed by atoms with E-state index in [1.165, 1.54) is 32.1 Å². The van der Waals surface area contributed by atoms with Crippen molar-refractivity contribution in [3.63, 3.8) is 0 Å². The van der Waals surface area contributed by atoms with Crippen LogP contribution >= 0.6 is 0 Å². The van der Waals surface area contributed by atoms with Gasteiger partial charge in [0.05, 0.1) is 23.0 Å². The number of nitrogens with zero attached hydrogens (tertiary/aromatic N) is 3. The zero-order chi connectivity index (χ0) is 19.1. The van der Waals surface area contributed by atoms with Gasteiger partial charge in [0, 0.05) is 24.3 Å². The molecule has 0 amide bonds. The molecule has 4 N–H and O–H groups in total. The molecular weight excluding hydrogens is 352 g/mol. The van der Waals surface area contributed by atoms with Crippen molar-refractivity contribution in [2.24, 2.45) is 11.7 Å². The van der Waals surface area contributed by atoms with E-state index >= 15 is 0 Å². The average Bonchev–Trinajstić information content (AvgIpc) is 3.32. The van der Waals surface area contributed by atoms with Gasteiger partial charge in [-0.2, -0.15) is 5.10 Å². The van der Waals surface area contributed by atoms with Crippen LogP contribution in [0.15, 0.2) is 18.5 Å². The molecule has 5 rings (SSSR count). The predicted molar refractivity (Wildman–Crippen MR) is 110 cm³/mol. The fourth-order valence-corrected chi connectivity index (χ4v) is 4.97. The largest absolute Gasteiger partial charge is 0.381 e. The van der Waals surface area contributed by atoms with Crippen LogP contribution in [-0.2, 0) is 11.4 Å². The highest BCUT2D eigenvalue weighted by molar-refractivity contribution is 5.95. The van der Waals surface area contributed by atoms with Gasteiger partial charge in [-0.05, 0) is 51.1 Å². The second-order valence-electron chi connectivity index (χ2n) is 8.56. The van der Waals surface area contributed by atoms with Gasteiger partial charge in [0.15, 0.2) is 5.65 Å². The fraction of sp³-hybridized carbons (Fsp3) is 0.619. The van der Waals surface area contributed by atoms with E-state index in [0.29, 0.717) is 12.0 Å². The third kappa shape index (κ3) is 2.97. The number of aromatic nitrogens is 3. The van der Waals surface area contributed by atoms with Gasteiger partial charge in [-0.25, -0.2) is 9.67 Å². The van der Waals surface area contributed by atoms with Gasteiger partial charge in [-0.1, -0.05) is 19.3 Å². The number of nitrogens with two attached hydrogens (primary N) is 1. The van der Waals surface area contributed by atoms with Crippen molar-refractivity contribution in [1.29, 1.82) is 0 Å². The highest BCUT2D eigenvalue weighted by Gasteiger charge is 2.47. The van der Waals surface area contributed by atoms with Gasteiger partial charge in [-0.3, -0.25) is 10.3 Å². The molecule has 1 spiro atoms. The van der Waals surface area contributed by atoms with Crippen LogP contribution < -0.4 is 16.5 Å². The van der Waals surface area contributed by atoms with E-state index in [0.717, 1.165) is 53.9 Å². The molecule has 28 heavy (non-hydrogen) atoms. The molecular formula is C21H30N6O. The summed E-state index contributed by atoms with van der Waals surface area (Å²) in [6, 6.07) is 0.505. The van der Waals surface area contributed by atoms with Gasteiger partial charge in [-0.15, -0.1) is 0 Å². The lowest BCUT2D eigenvalue weighted by molar-refractivity contribution is -0.108. The lowest BCUT2D eigenvalue weighted by Gasteiger charge is -2.41. The van der Waals surface area contributed by atoms with Crippen LogP contribution in [0, 0.1) is 5.92 Å². The summed E-state index contributed by atoms with van der Waals surface area (Å²) in [7, 11) is 0. The number of fused-ring (bicyclic) bond motifs is 1. The molecule has 2 aromatic rings. The molecule has 3 aliphatic rings. The Morgan fingerprint density at radius 1 is 1.29 bits per heavy atom. The van der Waals surface area contributed by atoms with Crippen molar-refractivity contribution in [3.05, 3.63) is 24.0 Å². The molecule has 2 fully saturated rings. The predicted octanol–water partition coefficient (Wildman–Crippen LogP) is 3.18. The van der Waals surface area contributed by atoms with Crippen molar-refractivity contribution in [1.82, 2.24) is 20.2 Å². The fourth-order valence-electron chi connectivity index (χ4n) is 4.97. The first kappa shape index (κ1) is 17.9. The molecule has 0 aromatic carbocycles. The normalized spacial score (nSPS) is 27.6. The summed E-state index contributed by atoms with van der Waals surface area (Å²) in [5, 5.41) is 9.47. The molecule has 2 saturated carbocycles. The summed E-state index contributed by atoms with van der Waals surface area (Å²) in [5.74, 6) is 0.556. The van der Waals surface area contributed by atoms with E-state index in [9.17, 15) is 0 Å². The summed E-state index contributed by atoms with van der Waals surface area (Å²) >= 11 is 0. The first-order valence-corrected chi connectivity index (χ1v) is 10.7. The Hall–Kier alpha value is -2.12. The monoisotopic (exact) mass is 382 g/mol. The molecule has 3 heterocycles. The van der Waals surface area contributed by atoms with Crippen LogP contribution in [0.4, 0.5) is 5.69 Å². The summed E-state index contributed by atoms with van der Waals surface area (Å²) in [6.07, 6.45) is 14.5. The van der Waals surface area contributed by atoms with Crippen LogP contribution in [0.5, 0.6) is 0 Å². The highest BCUT2D eigenvalue weighted by atomic mass is 16.7. The zero-order valence-electron chi connectivity index (χ0n) is 16.6. The van der Waals surface area contributed by atoms with Crippen molar-refractivity contribution >= 4 is 22.4 Å². The smallest absolute Gasteiger partial charge is 0.159 e. The molecule has 7 heteroatoms. The Morgan fingerprint density at radius 3 is 2.86 bits per heavy atom. The molecule has 1 aliphatic heterocycles. The first-order chi connectivity index (χ1) is 13.7. The second-order valence-corrected chi connectivity index (χ2v) is 8.56. The SMILES string of the molecule is CCn1ncc2c(NC3CCCCC3)c(C3=CC4(CC(CN)C4)ON3)cnc21. The molecule has 0 unspecified atom stereocenters. The number of hydrogen-bond acceptors (Lipinski definition) is 6. The van der Waals surface area contributed by atoms with Crippen LogP contribution in [0.25, 0.3) is 16.7 Å². The van der Waals surface area contributed by atoms with E-state index in [1.54, 1.807) is 0 Å². The molecule has 150 valence electrons. The van der Waals surface area contributed by atoms with Crippen molar-refractivity contribution in [2.75, 3.05) is 11.9 Å². The van der Waals surface area contributed by atoms with Crippen LogP contribution in [0.2, 0.25) is 0 Å². The zero-order valence-corrected chi connectivity index (χ0v) is 16.6. The summed E-state index contributed by atoms with van der Waals surface area (Å²) < 4.78 is 1.96. The molecule has 2 aromatic heterocycles. The Bertz CT molecular complexity index is 892. The van der Waals surface area contributed by atoms with Crippen molar-refractivity contribution in [3.8, 4) is 0 Å². The Labute approximate surface area is 165 Å². The highest BCUT2D eigenvalue weighted by Crippen LogP contribution is 2.46. The second kappa shape index (κ2) is 7.04. The van der Waals surface area contributed by atoms with Crippen LogP contribution in [0.1, 0.15) is 57.4 Å². The molecule has 0 radical (unpaired) electrons. The molecule has 0 saturated heterocycles. The molecule has 7 nitrogen and oxygen atoms in total. The standard InChI is InChI=1S/C21H30N6O/c1-2-27-20-17(13-24-27)19(25-15-6-4-3-5-7-15)16(12-23-20)18-10-21(28-26-18)8-14(9-21)11-22/h10,12-15,26H,2-9,11,22H2,1H3,(H,23,25). The number of rotatable bonds is 5. The van der Waals surface area contributed by atoms with E-state index in [-0.39, 0.29) is 5.60 Å². The van der Waals surface area contributed by atoms with Crippen LogP contribution in [0.3, 0.4) is 0 Å². The molecule has 0 bridgehead atoms. The minimum atomic E-state index is -0.204. The first-order valence-electron chi connectivity index (χ1n) is 10.7. The quantitative estimate of drug-likeness (QED) is 0.736. The van der Waals surface area contributed by atoms with E-state index in [2.05, 4.69) is 28.9 Å². The summed E-state index contributed by atoms with van der Waals surface area (Å²) in [4.78, 5) is 10.7. The molecule has 0 atom stereocenters. The van der Waals surface area contributed by atoms with Gasteiger partial charge in [0.1, 0.15) is 5.60 Å². The summed E-state index contributed by atoms with van der Waals surface area (Å²) in [6.45, 7) is 3.64. The number of nitrogens with one attached hydrogen (secondary N) is 2. The van der Waals surface area contributed by atoms with Gasteiger partial charge in [0.2, 0.25) is 0 Å². The van der Waals surface area contributed by atoms with E-state index in [4.69, 9.17) is 15.6 Å². The Morgan fingerprint density at radius 2 is 2.11 bits per heavy atom. The number of anilines is 1. The lowest BCUT2D eigenvalue weighted by Crippen LogP contribution is -2.46.